The molecule has 0 saturated carbocycles. The normalized spacial score (nSPS) is 14.0. The Morgan fingerprint density at radius 1 is 1.06 bits per heavy atom. The molecule has 4 aromatic rings. The van der Waals surface area contributed by atoms with Gasteiger partial charge in [-0.3, -0.25) is 9.78 Å². The fourth-order valence-electron chi connectivity index (χ4n) is 3.70. The lowest BCUT2D eigenvalue weighted by atomic mass is 10.1. The summed E-state index contributed by atoms with van der Waals surface area (Å²) >= 11 is 0. The number of ether oxygens (including phenoxy) is 1. The third kappa shape index (κ3) is 3.97. The van der Waals surface area contributed by atoms with Gasteiger partial charge >= 0.3 is 0 Å². The molecular weight excluding hydrogens is 392 g/mol. The van der Waals surface area contributed by atoms with Gasteiger partial charge < -0.3 is 19.9 Å². The minimum Gasteiger partial charge on any atom is -0.378 e. The predicted octanol–water partition coefficient (Wildman–Crippen LogP) is 3.42. The fraction of sp³-hybridized carbons (Fsp3) is 0.217. The quantitative estimate of drug-likeness (QED) is 0.531. The first kappa shape index (κ1) is 19.2. The summed E-state index contributed by atoms with van der Waals surface area (Å²) in [5.41, 5.74) is 4.85. The molecule has 0 aliphatic carbocycles. The molecule has 156 valence electrons. The van der Waals surface area contributed by atoms with Crippen molar-refractivity contribution >= 4 is 28.4 Å². The van der Waals surface area contributed by atoms with E-state index in [4.69, 9.17) is 4.74 Å². The van der Waals surface area contributed by atoms with Crippen LogP contribution in [0.1, 0.15) is 16.1 Å². The number of hydrogen-bond donors (Lipinski definition) is 2. The second-order valence-corrected chi connectivity index (χ2v) is 7.49. The summed E-state index contributed by atoms with van der Waals surface area (Å²) in [5, 5.41) is 3.88. The van der Waals surface area contributed by atoms with Crippen molar-refractivity contribution in [1.82, 2.24) is 19.9 Å². The topological polar surface area (TPSA) is 96.0 Å². The Hall–Kier alpha value is -3.78. The summed E-state index contributed by atoms with van der Waals surface area (Å²) in [4.78, 5) is 31.0. The van der Waals surface area contributed by atoms with Crippen LogP contribution in [0.3, 0.4) is 0 Å². The Morgan fingerprint density at radius 3 is 2.65 bits per heavy atom. The molecule has 0 bridgehead atoms. The van der Waals surface area contributed by atoms with Crippen molar-refractivity contribution < 1.29 is 9.53 Å². The molecule has 1 aliphatic rings. The zero-order chi connectivity index (χ0) is 21.2. The summed E-state index contributed by atoms with van der Waals surface area (Å²) in [6, 6.07) is 13.4. The van der Waals surface area contributed by atoms with Gasteiger partial charge in [0.05, 0.1) is 18.6 Å². The highest BCUT2D eigenvalue weighted by molar-refractivity contribution is 6.03. The minimum absolute atomic E-state index is 0.229. The Kier molecular flexibility index (Phi) is 5.05. The molecule has 1 aliphatic heterocycles. The molecule has 8 nitrogen and oxygen atoms in total. The smallest absolute Gasteiger partial charge is 0.274 e. The van der Waals surface area contributed by atoms with Crippen LogP contribution in [-0.4, -0.2) is 52.1 Å². The largest absolute Gasteiger partial charge is 0.378 e. The average molecular weight is 414 g/mol. The second kappa shape index (κ2) is 8.16. The number of aromatic amines is 1. The maximum Gasteiger partial charge on any atom is 0.274 e. The number of aromatic nitrogens is 4. The molecule has 1 saturated heterocycles. The van der Waals surface area contributed by atoms with Crippen LogP contribution in [0.4, 0.5) is 11.5 Å². The molecule has 2 N–H and O–H groups in total. The number of benzene rings is 1. The summed E-state index contributed by atoms with van der Waals surface area (Å²) in [7, 11) is 0. The van der Waals surface area contributed by atoms with Crippen LogP contribution in [0.15, 0.2) is 55.0 Å². The highest BCUT2D eigenvalue weighted by Gasteiger charge is 2.17. The number of rotatable bonds is 4. The van der Waals surface area contributed by atoms with E-state index < -0.39 is 0 Å². The third-order valence-corrected chi connectivity index (χ3v) is 5.32. The molecule has 4 heterocycles. The van der Waals surface area contributed by atoms with Crippen molar-refractivity contribution in [3.05, 3.63) is 66.2 Å². The minimum atomic E-state index is -0.229. The van der Waals surface area contributed by atoms with E-state index in [0.29, 0.717) is 24.6 Å². The van der Waals surface area contributed by atoms with Crippen LogP contribution in [0.2, 0.25) is 0 Å². The Bertz CT molecular complexity index is 1230. The van der Waals surface area contributed by atoms with Gasteiger partial charge in [0.2, 0.25) is 0 Å². The van der Waals surface area contributed by atoms with Crippen LogP contribution in [0.25, 0.3) is 22.3 Å². The van der Waals surface area contributed by atoms with Gasteiger partial charge in [-0.15, -0.1) is 0 Å². The Balaban J connectivity index is 1.37. The van der Waals surface area contributed by atoms with Crippen molar-refractivity contribution in [2.75, 3.05) is 36.5 Å². The number of nitrogens with one attached hydrogen (secondary N) is 2. The van der Waals surface area contributed by atoms with Gasteiger partial charge in [-0.2, -0.15) is 0 Å². The number of fused-ring (bicyclic) bond motifs is 1. The van der Waals surface area contributed by atoms with Gasteiger partial charge in [-0.05, 0) is 48.4 Å². The van der Waals surface area contributed by atoms with Gasteiger partial charge in [0.15, 0.2) is 0 Å². The summed E-state index contributed by atoms with van der Waals surface area (Å²) in [6.45, 7) is 4.97. The fourth-order valence-corrected chi connectivity index (χ4v) is 3.70. The Morgan fingerprint density at radius 2 is 1.87 bits per heavy atom. The number of nitrogens with zero attached hydrogens (tertiary/aromatic N) is 4. The van der Waals surface area contributed by atoms with Gasteiger partial charge in [-0.25, -0.2) is 9.97 Å². The molecule has 0 unspecified atom stereocenters. The maximum absolute atomic E-state index is 12.4. The monoisotopic (exact) mass is 414 g/mol. The van der Waals surface area contributed by atoms with E-state index >= 15 is 0 Å². The zero-order valence-electron chi connectivity index (χ0n) is 17.1. The summed E-state index contributed by atoms with van der Waals surface area (Å²) in [6.07, 6.45) is 3.22. The molecule has 0 radical (unpaired) electrons. The molecule has 1 fully saturated rings. The van der Waals surface area contributed by atoms with Gasteiger partial charge in [0.25, 0.3) is 5.91 Å². The van der Waals surface area contributed by atoms with E-state index in [1.54, 1.807) is 18.6 Å². The van der Waals surface area contributed by atoms with E-state index in [-0.39, 0.29) is 5.91 Å². The van der Waals surface area contributed by atoms with Crippen LogP contribution in [0.5, 0.6) is 0 Å². The highest BCUT2D eigenvalue weighted by atomic mass is 16.5. The first-order valence-electron chi connectivity index (χ1n) is 10.2. The van der Waals surface area contributed by atoms with E-state index in [1.165, 1.54) is 0 Å². The second-order valence-electron chi connectivity index (χ2n) is 7.49. The number of morpholine rings is 1. The molecule has 31 heavy (non-hydrogen) atoms. The van der Waals surface area contributed by atoms with Crippen LogP contribution in [-0.2, 0) is 4.74 Å². The number of aryl methyl sites for hydroxylation is 1. The molecule has 5 rings (SSSR count). The molecule has 1 amide bonds. The molecule has 0 atom stereocenters. The molecule has 1 aromatic carbocycles. The summed E-state index contributed by atoms with van der Waals surface area (Å²) in [5.74, 6) is 0.692. The molecule has 8 heteroatoms. The number of H-pyrrole nitrogens is 1. The van der Waals surface area contributed by atoms with Crippen LogP contribution < -0.4 is 10.2 Å². The van der Waals surface area contributed by atoms with Crippen molar-refractivity contribution in [2.45, 2.75) is 6.92 Å². The van der Waals surface area contributed by atoms with Crippen molar-refractivity contribution in [2.24, 2.45) is 0 Å². The third-order valence-electron chi connectivity index (χ3n) is 5.32. The lowest BCUT2D eigenvalue weighted by Crippen LogP contribution is -2.36. The van der Waals surface area contributed by atoms with E-state index in [1.807, 2.05) is 37.3 Å². The van der Waals surface area contributed by atoms with Gasteiger partial charge in [0.1, 0.15) is 23.5 Å². The first-order valence-corrected chi connectivity index (χ1v) is 10.2. The number of anilines is 2. The van der Waals surface area contributed by atoms with Gasteiger partial charge in [-0.1, -0.05) is 12.1 Å². The van der Waals surface area contributed by atoms with Gasteiger partial charge in [0, 0.05) is 30.7 Å². The zero-order valence-corrected chi connectivity index (χ0v) is 17.1. The number of carbonyl (C=O) groups is 1. The van der Waals surface area contributed by atoms with E-state index in [2.05, 4.69) is 36.2 Å². The highest BCUT2D eigenvalue weighted by Crippen LogP contribution is 2.29. The lowest BCUT2D eigenvalue weighted by molar-refractivity contribution is 0.102. The van der Waals surface area contributed by atoms with Crippen LogP contribution >= 0.6 is 0 Å². The molecule has 3 aromatic heterocycles. The average Bonchev–Trinajstić information content (AvgIpc) is 3.24. The maximum atomic E-state index is 12.4. The number of hydrogen-bond acceptors (Lipinski definition) is 6. The Labute approximate surface area is 179 Å². The number of carbonyl (C=O) groups excluding carboxylic acids is 1. The molecular formula is C23H22N6O2. The van der Waals surface area contributed by atoms with Crippen molar-refractivity contribution in [1.29, 1.82) is 0 Å². The van der Waals surface area contributed by atoms with Crippen molar-refractivity contribution in [3.8, 4) is 11.3 Å². The SMILES string of the molecule is Cc1ccnc(C(=O)Nc2ccc(-c3cc4c(N5CCOCC5)ncnc4[nH]3)cc2)c1. The van der Waals surface area contributed by atoms with Crippen LogP contribution in [0, 0.1) is 6.92 Å². The lowest BCUT2D eigenvalue weighted by Gasteiger charge is -2.27. The number of amides is 1. The summed E-state index contributed by atoms with van der Waals surface area (Å²) < 4.78 is 5.45. The predicted molar refractivity (Wildman–Crippen MR) is 119 cm³/mol. The van der Waals surface area contributed by atoms with Crippen molar-refractivity contribution in [3.63, 3.8) is 0 Å². The van der Waals surface area contributed by atoms with E-state index in [9.17, 15) is 4.79 Å². The molecule has 0 spiro atoms. The first-order chi connectivity index (χ1) is 15.2. The standard InChI is InChI=1S/C23H22N6O2/c1-15-6-7-24-20(12-15)23(30)27-17-4-2-16(3-5-17)19-13-18-21(28-19)25-14-26-22(18)29-8-10-31-11-9-29/h2-7,12-14H,8-11H2,1H3,(H,27,30)(H,25,26,28). The number of pyridine rings is 1. The van der Waals surface area contributed by atoms with E-state index in [0.717, 1.165) is 46.8 Å².